The number of carbonyl (C=O) groups is 1. The van der Waals surface area contributed by atoms with Crippen LogP contribution in [0.2, 0.25) is 0 Å². The highest BCUT2D eigenvalue weighted by atomic mass is 32.2. The molecule has 136 valence electrons. The van der Waals surface area contributed by atoms with E-state index in [2.05, 4.69) is 15.6 Å². The maximum atomic E-state index is 12.3. The Kier molecular flexibility index (Phi) is 4.66. The number of oxazole rings is 1. The van der Waals surface area contributed by atoms with Crippen LogP contribution in [0.25, 0.3) is 11.1 Å². The van der Waals surface area contributed by atoms with E-state index < -0.39 is 16.1 Å². The first-order chi connectivity index (χ1) is 12.2. The molecule has 8 nitrogen and oxygen atoms in total. The van der Waals surface area contributed by atoms with Crippen LogP contribution < -0.4 is 15.8 Å². The van der Waals surface area contributed by atoms with Crippen molar-refractivity contribution in [3.8, 4) is 0 Å². The predicted octanol–water partition coefficient (Wildman–Crippen LogP) is 2.22. The number of aromatic nitrogens is 1. The second-order valence-corrected chi connectivity index (χ2v) is 7.40. The molecule has 1 heterocycles. The number of amides is 1. The zero-order chi connectivity index (χ0) is 18.9. The van der Waals surface area contributed by atoms with Crippen LogP contribution in [-0.4, -0.2) is 25.4 Å². The number of nitrogens with one attached hydrogen (secondary N) is 2. The van der Waals surface area contributed by atoms with E-state index in [9.17, 15) is 13.2 Å². The molecule has 0 bridgehead atoms. The van der Waals surface area contributed by atoms with Gasteiger partial charge in [0.2, 0.25) is 15.9 Å². The first kappa shape index (κ1) is 17.9. The van der Waals surface area contributed by atoms with Gasteiger partial charge < -0.3 is 15.1 Å². The van der Waals surface area contributed by atoms with Gasteiger partial charge in [-0.2, -0.15) is 0 Å². The zero-order valence-corrected chi connectivity index (χ0v) is 15.0. The van der Waals surface area contributed by atoms with Gasteiger partial charge in [0.25, 0.3) is 0 Å². The highest BCUT2D eigenvalue weighted by molar-refractivity contribution is 7.89. The summed E-state index contributed by atoms with van der Waals surface area (Å²) in [6.07, 6.45) is 0. The van der Waals surface area contributed by atoms with E-state index in [4.69, 9.17) is 9.56 Å². The molecule has 0 unspecified atom stereocenters. The van der Waals surface area contributed by atoms with Gasteiger partial charge in [-0.25, -0.2) is 18.5 Å². The topological polar surface area (TPSA) is 127 Å². The average Bonchev–Trinajstić information content (AvgIpc) is 2.93. The second kappa shape index (κ2) is 6.77. The van der Waals surface area contributed by atoms with Crippen molar-refractivity contribution in [1.82, 2.24) is 4.98 Å². The highest BCUT2D eigenvalue weighted by Gasteiger charge is 2.14. The van der Waals surface area contributed by atoms with Crippen LogP contribution in [-0.2, 0) is 14.8 Å². The van der Waals surface area contributed by atoms with Crippen LogP contribution >= 0.6 is 0 Å². The minimum Gasteiger partial charge on any atom is -0.441 e. The minimum atomic E-state index is -3.76. The molecule has 0 aliphatic carbocycles. The molecule has 0 fully saturated rings. The summed E-state index contributed by atoms with van der Waals surface area (Å²) < 4.78 is 27.9. The van der Waals surface area contributed by atoms with Crippen molar-refractivity contribution in [3.05, 3.63) is 48.4 Å². The van der Waals surface area contributed by atoms with E-state index in [0.717, 1.165) is 5.69 Å². The van der Waals surface area contributed by atoms with Crippen molar-refractivity contribution >= 4 is 38.4 Å². The number of hydrogen-bond acceptors (Lipinski definition) is 6. The Morgan fingerprint density at radius 1 is 1.15 bits per heavy atom. The quantitative estimate of drug-likeness (QED) is 0.628. The number of rotatable bonds is 5. The molecule has 3 aromatic rings. The Bertz CT molecular complexity index is 1060. The van der Waals surface area contributed by atoms with E-state index in [-0.39, 0.29) is 10.8 Å². The Morgan fingerprint density at radius 3 is 2.46 bits per heavy atom. The van der Waals surface area contributed by atoms with Crippen molar-refractivity contribution in [2.45, 2.75) is 24.8 Å². The average molecular weight is 374 g/mol. The Morgan fingerprint density at radius 2 is 1.81 bits per heavy atom. The van der Waals surface area contributed by atoms with E-state index in [1.807, 2.05) is 0 Å². The standard InChI is InChI=1S/C17H18N4O4S/c1-10(19-13-5-8-16-15(9-13)20-11(2)25-16)17(22)21-12-3-6-14(7-4-12)26(18,23)24/h3-10,19H,1-2H3,(H,21,22)(H2,18,23,24)/t10-/m1/s1. The van der Waals surface area contributed by atoms with Crippen LogP contribution in [0.4, 0.5) is 11.4 Å². The smallest absolute Gasteiger partial charge is 0.246 e. The van der Waals surface area contributed by atoms with Gasteiger partial charge in [-0.05, 0) is 49.4 Å². The minimum absolute atomic E-state index is 0.0159. The molecule has 1 aromatic heterocycles. The number of nitrogens with zero attached hydrogens (tertiary/aromatic N) is 1. The summed E-state index contributed by atoms with van der Waals surface area (Å²) in [4.78, 5) is 16.6. The van der Waals surface area contributed by atoms with Crippen LogP contribution in [0.1, 0.15) is 12.8 Å². The van der Waals surface area contributed by atoms with E-state index >= 15 is 0 Å². The highest BCUT2D eigenvalue weighted by Crippen LogP contribution is 2.20. The molecule has 0 aliphatic rings. The molecule has 0 saturated carbocycles. The first-order valence-corrected chi connectivity index (χ1v) is 9.34. The molecular weight excluding hydrogens is 356 g/mol. The molecule has 1 atom stereocenters. The van der Waals surface area contributed by atoms with Gasteiger partial charge in [0.15, 0.2) is 11.5 Å². The Hall–Kier alpha value is -2.91. The fourth-order valence-corrected chi connectivity index (χ4v) is 2.94. The third kappa shape index (κ3) is 4.01. The van der Waals surface area contributed by atoms with Gasteiger partial charge in [0.05, 0.1) is 4.90 Å². The number of primary sulfonamides is 1. The molecule has 0 spiro atoms. The summed E-state index contributed by atoms with van der Waals surface area (Å²) >= 11 is 0. The number of nitrogens with two attached hydrogens (primary N) is 1. The van der Waals surface area contributed by atoms with Gasteiger partial charge in [-0.3, -0.25) is 4.79 Å². The molecule has 4 N–H and O–H groups in total. The van der Waals surface area contributed by atoms with Crippen molar-refractivity contribution in [2.75, 3.05) is 10.6 Å². The third-order valence-corrected chi connectivity index (χ3v) is 4.65. The number of benzene rings is 2. The largest absolute Gasteiger partial charge is 0.441 e. The van der Waals surface area contributed by atoms with E-state index in [1.165, 1.54) is 24.3 Å². The van der Waals surface area contributed by atoms with Gasteiger partial charge in [0.1, 0.15) is 11.6 Å². The lowest BCUT2D eigenvalue weighted by Gasteiger charge is -2.15. The Balaban J connectivity index is 1.66. The normalized spacial score (nSPS) is 12.7. The number of aryl methyl sites for hydroxylation is 1. The van der Waals surface area contributed by atoms with Crippen molar-refractivity contribution in [3.63, 3.8) is 0 Å². The number of carbonyl (C=O) groups excluding carboxylic acids is 1. The summed E-state index contributed by atoms with van der Waals surface area (Å²) in [6, 6.07) is 10.5. The monoisotopic (exact) mass is 374 g/mol. The van der Waals surface area contributed by atoms with Gasteiger partial charge in [0, 0.05) is 18.3 Å². The molecule has 0 radical (unpaired) electrons. The van der Waals surface area contributed by atoms with Crippen molar-refractivity contribution in [2.24, 2.45) is 5.14 Å². The van der Waals surface area contributed by atoms with Gasteiger partial charge in [-0.1, -0.05) is 0 Å². The summed E-state index contributed by atoms with van der Waals surface area (Å²) in [5.41, 5.74) is 2.59. The Labute approximate surface area is 150 Å². The summed E-state index contributed by atoms with van der Waals surface area (Å²) in [6.45, 7) is 3.48. The van der Waals surface area contributed by atoms with Crippen LogP contribution in [0.15, 0.2) is 51.8 Å². The van der Waals surface area contributed by atoms with E-state index in [0.29, 0.717) is 22.7 Å². The fraction of sp³-hybridized carbons (Fsp3) is 0.176. The molecular formula is C17H18N4O4S. The molecule has 26 heavy (non-hydrogen) atoms. The number of anilines is 2. The molecule has 0 saturated heterocycles. The number of sulfonamides is 1. The third-order valence-electron chi connectivity index (χ3n) is 3.72. The maximum absolute atomic E-state index is 12.3. The summed E-state index contributed by atoms with van der Waals surface area (Å²) in [5, 5.41) is 10.8. The lowest BCUT2D eigenvalue weighted by molar-refractivity contribution is -0.116. The number of fused-ring (bicyclic) bond motifs is 1. The van der Waals surface area contributed by atoms with Crippen LogP contribution in [0, 0.1) is 6.92 Å². The second-order valence-electron chi connectivity index (χ2n) is 5.84. The maximum Gasteiger partial charge on any atom is 0.246 e. The molecule has 3 rings (SSSR count). The van der Waals surface area contributed by atoms with E-state index in [1.54, 1.807) is 32.0 Å². The van der Waals surface area contributed by atoms with Crippen molar-refractivity contribution in [1.29, 1.82) is 0 Å². The van der Waals surface area contributed by atoms with Crippen LogP contribution in [0.5, 0.6) is 0 Å². The SMILES string of the molecule is Cc1nc2cc(N[C@H](C)C(=O)Nc3ccc(S(N)(=O)=O)cc3)ccc2o1. The molecule has 0 aliphatic heterocycles. The lowest BCUT2D eigenvalue weighted by Crippen LogP contribution is -2.31. The zero-order valence-electron chi connectivity index (χ0n) is 14.2. The van der Waals surface area contributed by atoms with Crippen molar-refractivity contribution < 1.29 is 17.6 Å². The van der Waals surface area contributed by atoms with Gasteiger partial charge in [-0.15, -0.1) is 0 Å². The molecule has 1 amide bonds. The lowest BCUT2D eigenvalue weighted by atomic mass is 10.2. The molecule has 2 aromatic carbocycles. The molecule has 9 heteroatoms. The first-order valence-electron chi connectivity index (χ1n) is 7.80. The van der Waals surface area contributed by atoms with Crippen LogP contribution in [0.3, 0.4) is 0 Å². The summed E-state index contributed by atoms with van der Waals surface area (Å²) in [5.74, 6) is 0.302. The predicted molar refractivity (Wildman–Crippen MR) is 98.3 cm³/mol. The fourth-order valence-electron chi connectivity index (χ4n) is 2.43. The van der Waals surface area contributed by atoms with Gasteiger partial charge >= 0.3 is 0 Å². The number of hydrogen-bond donors (Lipinski definition) is 3. The summed E-state index contributed by atoms with van der Waals surface area (Å²) in [7, 11) is -3.76.